The van der Waals surface area contributed by atoms with Gasteiger partial charge >= 0.3 is 0 Å². The van der Waals surface area contributed by atoms with Crippen LogP contribution in [-0.2, 0) is 12.8 Å². The minimum absolute atomic E-state index is 0.904. The van der Waals surface area contributed by atoms with E-state index in [2.05, 4.69) is 41.1 Å². The Morgan fingerprint density at radius 3 is 3.00 bits per heavy atom. The maximum atomic E-state index is 3.70. The Morgan fingerprint density at radius 1 is 1.19 bits per heavy atom. The first-order valence-electron chi connectivity index (χ1n) is 8.64. The molecule has 0 spiro atoms. The van der Waals surface area contributed by atoms with Gasteiger partial charge in [-0.1, -0.05) is 31.5 Å². The topological polar surface area (TPSA) is 19.0 Å². The van der Waals surface area contributed by atoms with Crippen molar-refractivity contribution in [2.45, 2.75) is 39.0 Å². The van der Waals surface area contributed by atoms with Crippen LogP contribution in [0.1, 0.15) is 37.4 Å². The third kappa shape index (κ3) is 2.50. The average molecular weight is 282 g/mol. The minimum Gasteiger partial charge on any atom is -0.358 e. The van der Waals surface area contributed by atoms with Crippen LogP contribution in [0.2, 0.25) is 0 Å². The highest BCUT2D eigenvalue weighted by Crippen LogP contribution is 2.32. The Balaban J connectivity index is 1.66. The summed E-state index contributed by atoms with van der Waals surface area (Å²) in [6, 6.07) is 8.83. The summed E-state index contributed by atoms with van der Waals surface area (Å²) in [5, 5.41) is 1.46. The lowest BCUT2D eigenvalue weighted by atomic mass is 9.85. The molecule has 1 fully saturated rings. The Labute approximate surface area is 127 Å². The van der Waals surface area contributed by atoms with Gasteiger partial charge in [-0.3, -0.25) is 0 Å². The third-order valence-corrected chi connectivity index (χ3v) is 5.66. The van der Waals surface area contributed by atoms with Gasteiger partial charge in [0.1, 0.15) is 0 Å². The maximum Gasteiger partial charge on any atom is 0.0458 e. The molecule has 0 amide bonds. The molecule has 3 heterocycles. The van der Waals surface area contributed by atoms with Crippen molar-refractivity contribution >= 4 is 10.9 Å². The van der Waals surface area contributed by atoms with E-state index in [1.165, 1.54) is 68.3 Å². The smallest absolute Gasteiger partial charge is 0.0458 e. The molecule has 4 rings (SSSR count). The fourth-order valence-corrected chi connectivity index (χ4v) is 4.49. The zero-order valence-electron chi connectivity index (χ0n) is 13.1. The Hall–Kier alpha value is -1.28. The van der Waals surface area contributed by atoms with E-state index >= 15 is 0 Å². The SMILES string of the molecule is CCC1CC2CCc3[nH]c4ccccc4c3CCN(C1)C2. The zero-order valence-corrected chi connectivity index (χ0v) is 13.1. The van der Waals surface area contributed by atoms with Crippen molar-refractivity contribution < 1.29 is 0 Å². The summed E-state index contributed by atoms with van der Waals surface area (Å²) in [4.78, 5) is 6.43. The van der Waals surface area contributed by atoms with E-state index in [0.29, 0.717) is 0 Å². The van der Waals surface area contributed by atoms with Gasteiger partial charge in [0, 0.05) is 36.2 Å². The van der Waals surface area contributed by atoms with E-state index in [0.717, 1.165) is 11.8 Å². The number of hydrogen-bond acceptors (Lipinski definition) is 1. The van der Waals surface area contributed by atoms with Crippen molar-refractivity contribution in [2.24, 2.45) is 11.8 Å². The van der Waals surface area contributed by atoms with Crippen LogP contribution in [0.15, 0.2) is 24.3 Å². The fraction of sp³-hybridized carbons (Fsp3) is 0.579. The van der Waals surface area contributed by atoms with Crippen molar-refractivity contribution in [3.05, 3.63) is 35.5 Å². The van der Waals surface area contributed by atoms with Gasteiger partial charge in [0.25, 0.3) is 0 Å². The van der Waals surface area contributed by atoms with Gasteiger partial charge in [0.05, 0.1) is 0 Å². The van der Waals surface area contributed by atoms with Gasteiger partial charge in [-0.15, -0.1) is 0 Å². The number of piperidine rings is 1. The summed E-state index contributed by atoms with van der Waals surface area (Å²) in [5.41, 5.74) is 4.43. The molecule has 2 aliphatic heterocycles. The van der Waals surface area contributed by atoms with E-state index in [-0.39, 0.29) is 0 Å². The lowest BCUT2D eigenvalue weighted by Crippen LogP contribution is -2.41. The molecule has 112 valence electrons. The highest BCUT2D eigenvalue weighted by Gasteiger charge is 2.28. The number of aromatic nitrogens is 1. The van der Waals surface area contributed by atoms with E-state index in [4.69, 9.17) is 0 Å². The predicted molar refractivity (Wildman–Crippen MR) is 88.7 cm³/mol. The molecule has 0 radical (unpaired) electrons. The van der Waals surface area contributed by atoms with E-state index in [1.807, 2.05) is 0 Å². The summed E-state index contributed by atoms with van der Waals surface area (Å²) < 4.78 is 0. The van der Waals surface area contributed by atoms with Gasteiger partial charge in [0.2, 0.25) is 0 Å². The van der Waals surface area contributed by atoms with Gasteiger partial charge in [0.15, 0.2) is 0 Å². The van der Waals surface area contributed by atoms with Crippen molar-refractivity contribution in [3.63, 3.8) is 0 Å². The standard InChI is InChI=1S/C19H26N2/c1-2-14-11-15-7-8-19-17(9-10-21(12-14)13-15)16-5-3-4-6-18(16)20-19/h3-6,14-15,20H,2,7-13H2,1H3. The van der Waals surface area contributed by atoms with Crippen LogP contribution in [0.5, 0.6) is 0 Å². The molecule has 21 heavy (non-hydrogen) atoms. The first kappa shape index (κ1) is 13.4. The number of para-hydroxylation sites is 1. The Kier molecular flexibility index (Phi) is 3.50. The number of fused-ring (bicyclic) bond motifs is 5. The molecule has 2 aromatic rings. The minimum atomic E-state index is 0.904. The zero-order chi connectivity index (χ0) is 14.2. The van der Waals surface area contributed by atoms with Crippen LogP contribution >= 0.6 is 0 Å². The molecule has 1 N–H and O–H groups in total. The predicted octanol–water partition coefficient (Wildman–Crippen LogP) is 4.00. The van der Waals surface area contributed by atoms with Gasteiger partial charge < -0.3 is 9.88 Å². The summed E-state index contributed by atoms with van der Waals surface area (Å²) >= 11 is 0. The molecule has 1 aromatic heterocycles. The number of benzene rings is 1. The number of nitrogens with zero attached hydrogens (tertiary/aromatic N) is 1. The number of aromatic amines is 1. The van der Waals surface area contributed by atoms with Crippen LogP contribution in [0.4, 0.5) is 0 Å². The van der Waals surface area contributed by atoms with Gasteiger partial charge in [-0.2, -0.15) is 0 Å². The molecule has 1 aromatic carbocycles. The van der Waals surface area contributed by atoms with Crippen LogP contribution in [0.25, 0.3) is 10.9 Å². The fourth-order valence-electron chi connectivity index (χ4n) is 4.49. The Bertz CT molecular complexity index is 628. The maximum absolute atomic E-state index is 3.70. The second-order valence-electron chi connectivity index (χ2n) is 7.05. The van der Waals surface area contributed by atoms with Crippen LogP contribution in [0.3, 0.4) is 0 Å². The van der Waals surface area contributed by atoms with Crippen molar-refractivity contribution in [2.75, 3.05) is 19.6 Å². The van der Waals surface area contributed by atoms with Crippen LogP contribution < -0.4 is 0 Å². The molecular weight excluding hydrogens is 256 g/mol. The summed E-state index contributed by atoms with van der Waals surface area (Å²) in [7, 11) is 0. The van der Waals surface area contributed by atoms with Crippen molar-refractivity contribution in [3.8, 4) is 0 Å². The molecule has 1 saturated heterocycles. The highest BCUT2D eigenvalue weighted by molar-refractivity contribution is 5.84. The molecule has 2 nitrogen and oxygen atoms in total. The monoisotopic (exact) mass is 282 g/mol. The lowest BCUT2D eigenvalue weighted by molar-refractivity contribution is 0.120. The second kappa shape index (κ2) is 5.49. The molecule has 2 heteroatoms. The number of rotatable bonds is 1. The van der Waals surface area contributed by atoms with E-state index in [9.17, 15) is 0 Å². The average Bonchev–Trinajstić information content (AvgIpc) is 2.89. The molecule has 0 saturated carbocycles. The lowest BCUT2D eigenvalue weighted by Gasteiger charge is -2.37. The van der Waals surface area contributed by atoms with Crippen molar-refractivity contribution in [1.82, 2.24) is 9.88 Å². The summed E-state index contributed by atoms with van der Waals surface area (Å²) in [6.45, 7) is 6.26. The molecule has 3 unspecified atom stereocenters. The number of aryl methyl sites for hydroxylation is 1. The van der Waals surface area contributed by atoms with Gasteiger partial charge in [-0.05, 0) is 49.1 Å². The number of nitrogens with one attached hydrogen (secondary N) is 1. The second-order valence-corrected chi connectivity index (χ2v) is 7.05. The van der Waals surface area contributed by atoms with Crippen molar-refractivity contribution in [1.29, 1.82) is 0 Å². The molecule has 2 aliphatic rings. The summed E-state index contributed by atoms with van der Waals surface area (Å²) in [6.07, 6.45) is 6.60. The first-order valence-corrected chi connectivity index (χ1v) is 8.64. The van der Waals surface area contributed by atoms with E-state index < -0.39 is 0 Å². The normalized spacial score (nSPS) is 29.5. The Morgan fingerprint density at radius 2 is 2.10 bits per heavy atom. The van der Waals surface area contributed by atoms with Gasteiger partial charge in [-0.25, -0.2) is 0 Å². The molecular formula is C19H26N2. The molecule has 2 bridgehead atoms. The summed E-state index contributed by atoms with van der Waals surface area (Å²) in [5.74, 6) is 1.83. The van der Waals surface area contributed by atoms with E-state index in [1.54, 1.807) is 5.56 Å². The largest absolute Gasteiger partial charge is 0.358 e. The first-order chi connectivity index (χ1) is 10.3. The quantitative estimate of drug-likeness (QED) is 0.837. The third-order valence-electron chi connectivity index (χ3n) is 5.66. The number of H-pyrrole nitrogens is 1. The van der Waals surface area contributed by atoms with Crippen LogP contribution in [0, 0.1) is 11.8 Å². The number of hydrogen-bond donors (Lipinski definition) is 1. The highest BCUT2D eigenvalue weighted by atomic mass is 15.1. The molecule has 0 aliphatic carbocycles. The molecule has 3 atom stereocenters. The van der Waals surface area contributed by atoms with Crippen LogP contribution in [-0.4, -0.2) is 29.5 Å².